The zero-order valence-corrected chi connectivity index (χ0v) is 15.9. The molecule has 2 heterocycles. The van der Waals surface area contributed by atoms with Crippen LogP contribution < -0.4 is 5.32 Å². The third-order valence-corrected chi connectivity index (χ3v) is 4.56. The highest BCUT2D eigenvalue weighted by Gasteiger charge is 2.22. The zero-order chi connectivity index (χ0) is 20.1. The lowest BCUT2D eigenvalue weighted by Crippen LogP contribution is -2.23. The number of methoxy groups -OCH3 is 1. The summed E-state index contributed by atoms with van der Waals surface area (Å²) in [5, 5.41) is 3.23. The third kappa shape index (κ3) is 4.31. The van der Waals surface area contributed by atoms with Gasteiger partial charge in [0.1, 0.15) is 11.6 Å². The predicted octanol–water partition coefficient (Wildman–Crippen LogP) is 3.66. The molecule has 1 unspecified atom stereocenters. The molecule has 0 aliphatic carbocycles. The van der Waals surface area contributed by atoms with Crippen LogP contribution in [0.4, 0.5) is 10.2 Å². The summed E-state index contributed by atoms with van der Waals surface area (Å²) >= 11 is 0. The average Bonchev–Trinajstić information content (AvgIpc) is 2.72. The summed E-state index contributed by atoms with van der Waals surface area (Å²) in [6.45, 7) is 4.08. The first-order chi connectivity index (χ1) is 13.5. The molecule has 0 amide bonds. The van der Waals surface area contributed by atoms with E-state index in [-0.39, 0.29) is 12.4 Å². The number of nitrogens with one attached hydrogen (secondary N) is 1. The van der Waals surface area contributed by atoms with Gasteiger partial charge < -0.3 is 10.1 Å². The minimum absolute atomic E-state index is 0.255. The van der Waals surface area contributed by atoms with Gasteiger partial charge in [-0.2, -0.15) is 0 Å². The van der Waals surface area contributed by atoms with Crippen molar-refractivity contribution in [1.29, 1.82) is 0 Å². The van der Waals surface area contributed by atoms with E-state index in [1.807, 2.05) is 26.0 Å². The normalized spacial score (nSPS) is 11.7. The van der Waals surface area contributed by atoms with Crippen LogP contribution in [-0.2, 0) is 9.53 Å². The molecule has 3 aromatic rings. The molecular weight excluding hydrogens is 359 g/mol. The van der Waals surface area contributed by atoms with Crippen molar-refractivity contribution in [3.63, 3.8) is 0 Å². The van der Waals surface area contributed by atoms with Crippen LogP contribution >= 0.6 is 0 Å². The summed E-state index contributed by atoms with van der Waals surface area (Å²) in [4.78, 5) is 25.4. The van der Waals surface area contributed by atoms with Gasteiger partial charge in [0.2, 0.25) is 0 Å². The maximum atomic E-state index is 13.2. The topological polar surface area (TPSA) is 77.0 Å². The Morgan fingerprint density at radius 3 is 2.43 bits per heavy atom. The van der Waals surface area contributed by atoms with Crippen molar-refractivity contribution in [3.05, 3.63) is 71.4 Å². The highest BCUT2D eigenvalue weighted by molar-refractivity contribution is 5.79. The van der Waals surface area contributed by atoms with Gasteiger partial charge in [0.15, 0.2) is 5.82 Å². The number of hydrogen-bond acceptors (Lipinski definition) is 6. The monoisotopic (exact) mass is 380 g/mol. The number of aryl methyl sites for hydroxylation is 1. The molecule has 7 heteroatoms. The lowest BCUT2D eigenvalue weighted by Gasteiger charge is -2.18. The van der Waals surface area contributed by atoms with E-state index in [0.29, 0.717) is 17.2 Å². The van der Waals surface area contributed by atoms with Gasteiger partial charge in [-0.05, 0) is 43.7 Å². The highest BCUT2D eigenvalue weighted by atomic mass is 19.1. The quantitative estimate of drug-likeness (QED) is 0.658. The number of pyridine rings is 1. The number of halogens is 1. The molecule has 0 aliphatic heterocycles. The number of anilines is 1. The summed E-state index contributed by atoms with van der Waals surface area (Å²) in [5.74, 6) is -0.147. The maximum absolute atomic E-state index is 13.2. The largest absolute Gasteiger partial charge is 0.468 e. The van der Waals surface area contributed by atoms with Crippen LogP contribution in [0.25, 0.3) is 11.4 Å². The molecular formula is C21H21FN4O2. The first-order valence-electron chi connectivity index (χ1n) is 8.82. The lowest BCUT2D eigenvalue weighted by molar-refractivity contribution is -0.142. The first kappa shape index (κ1) is 19.4. The zero-order valence-electron chi connectivity index (χ0n) is 15.9. The molecule has 0 aliphatic rings. The molecule has 2 aromatic heterocycles. The summed E-state index contributed by atoms with van der Waals surface area (Å²) in [6.07, 6.45) is 3.37. The van der Waals surface area contributed by atoms with Crippen molar-refractivity contribution in [1.82, 2.24) is 15.0 Å². The van der Waals surface area contributed by atoms with E-state index < -0.39 is 11.9 Å². The third-order valence-electron chi connectivity index (χ3n) is 4.56. The van der Waals surface area contributed by atoms with Crippen LogP contribution in [0.3, 0.4) is 0 Å². The molecule has 0 spiro atoms. The van der Waals surface area contributed by atoms with Crippen LogP contribution in [0.5, 0.6) is 0 Å². The molecule has 28 heavy (non-hydrogen) atoms. The van der Waals surface area contributed by atoms with Gasteiger partial charge in [0.05, 0.1) is 13.0 Å². The summed E-state index contributed by atoms with van der Waals surface area (Å²) in [5.41, 5.74) is 3.24. The van der Waals surface area contributed by atoms with E-state index >= 15 is 0 Å². The smallest absolute Gasteiger partial charge is 0.314 e. The van der Waals surface area contributed by atoms with Gasteiger partial charge in [0.25, 0.3) is 0 Å². The number of esters is 1. The molecule has 0 saturated heterocycles. The van der Waals surface area contributed by atoms with Crippen molar-refractivity contribution < 1.29 is 13.9 Å². The van der Waals surface area contributed by atoms with Gasteiger partial charge in [-0.25, -0.2) is 14.4 Å². The summed E-state index contributed by atoms with van der Waals surface area (Å²) in [7, 11) is 1.33. The fraction of sp³-hybridized carbons (Fsp3) is 0.238. The van der Waals surface area contributed by atoms with E-state index in [2.05, 4.69) is 20.3 Å². The molecule has 0 fully saturated rings. The van der Waals surface area contributed by atoms with Crippen LogP contribution in [0.15, 0.2) is 48.8 Å². The molecule has 1 atom stereocenters. The molecule has 1 N–H and O–H groups in total. The Hall–Kier alpha value is -3.35. The minimum Gasteiger partial charge on any atom is -0.468 e. The van der Waals surface area contributed by atoms with Crippen molar-refractivity contribution in [2.75, 3.05) is 19.0 Å². The second-order valence-electron chi connectivity index (χ2n) is 6.35. The molecule has 1 aromatic carbocycles. The molecule has 0 radical (unpaired) electrons. The SMILES string of the molecule is COC(=O)C(CNc1nc(-c2ccncc2)nc(C)c1C)c1ccc(F)cc1. The number of carbonyl (C=O) groups excluding carboxylic acids is 1. The Morgan fingerprint density at radius 2 is 1.79 bits per heavy atom. The number of aromatic nitrogens is 3. The Morgan fingerprint density at radius 1 is 1.11 bits per heavy atom. The highest BCUT2D eigenvalue weighted by Crippen LogP contribution is 2.23. The second kappa shape index (κ2) is 8.56. The second-order valence-corrected chi connectivity index (χ2v) is 6.35. The molecule has 0 bridgehead atoms. The van der Waals surface area contributed by atoms with Gasteiger partial charge in [-0.1, -0.05) is 12.1 Å². The van der Waals surface area contributed by atoms with Crippen molar-refractivity contribution in [3.8, 4) is 11.4 Å². The summed E-state index contributed by atoms with van der Waals surface area (Å²) < 4.78 is 18.2. The molecule has 144 valence electrons. The maximum Gasteiger partial charge on any atom is 0.314 e. The number of carbonyl (C=O) groups is 1. The van der Waals surface area contributed by atoms with E-state index in [9.17, 15) is 9.18 Å². The van der Waals surface area contributed by atoms with Gasteiger partial charge >= 0.3 is 5.97 Å². The number of hydrogen-bond donors (Lipinski definition) is 1. The average molecular weight is 380 g/mol. The Balaban J connectivity index is 1.88. The predicted molar refractivity (Wildman–Crippen MR) is 104 cm³/mol. The molecule has 3 rings (SSSR count). The fourth-order valence-corrected chi connectivity index (χ4v) is 2.80. The van der Waals surface area contributed by atoms with E-state index in [1.165, 1.54) is 19.2 Å². The van der Waals surface area contributed by atoms with Crippen LogP contribution in [-0.4, -0.2) is 34.6 Å². The van der Waals surface area contributed by atoms with Crippen LogP contribution in [0.2, 0.25) is 0 Å². The Kier molecular flexibility index (Phi) is 5.93. The first-order valence-corrected chi connectivity index (χ1v) is 8.82. The minimum atomic E-state index is -0.593. The molecule has 6 nitrogen and oxygen atoms in total. The van der Waals surface area contributed by atoms with E-state index in [1.54, 1.807) is 24.5 Å². The fourth-order valence-electron chi connectivity index (χ4n) is 2.80. The van der Waals surface area contributed by atoms with Crippen LogP contribution in [0, 0.1) is 19.7 Å². The van der Waals surface area contributed by atoms with Crippen molar-refractivity contribution in [2.45, 2.75) is 19.8 Å². The van der Waals surface area contributed by atoms with Gasteiger partial charge in [-0.3, -0.25) is 9.78 Å². The number of ether oxygens (including phenoxy) is 1. The Bertz CT molecular complexity index is 962. The van der Waals surface area contributed by atoms with Gasteiger partial charge in [-0.15, -0.1) is 0 Å². The van der Waals surface area contributed by atoms with E-state index in [0.717, 1.165) is 16.8 Å². The molecule has 0 saturated carbocycles. The number of rotatable bonds is 6. The van der Waals surface area contributed by atoms with Crippen molar-refractivity contribution >= 4 is 11.8 Å². The Labute approximate surface area is 162 Å². The number of nitrogens with zero attached hydrogens (tertiary/aromatic N) is 3. The standard InChI is InChI=1S/C21H21FN4O2/c1-13-14(2)25-20(16-8-10-23-11-9-16)26-19(13)24-12-18(21(27)28-3)15-4-6-17(22)7-5-15/h4-11,18H,12H2,1-3H3,(H,24,25,26). The number of benzene rings is 1. The van der Waals surface area contributed by atoms with Gasteiger partial charge in [0, 0.05) is 35.8 Å². The van der Waals surface area contributed by atoms with Crippen LogP contribution in [0.1, 0.15) is 22.7 Å². The van der Waals surface area contributed by atoms with E-state index in [4.69, 9.17) is 4.74 Å². The summed E-state index contributed by atoms with van der Waals surface area (Å²) in [6, 6.07) is 9.49. The van der Waals surface area contributed by atoms with Crippen molar-refractivity contribution in [2.24, 2.45) is 0 Å². The lowest BCUT2D eigenvalue weighted by atomic mass is 9.99.